The minimum atomic E-state index is -0.675. The molecule has 0 amide bonds. The second-order valence-electron chi connectivity index (χ2n) is 4.06. The molecule has 3 rings (SSSR count). The predicted molar refractivity (Wildman–Crippen MR) is 52.9 cm³/mol. The molecule has 2 heteroatoms. The summed E-state index contributed by atoms with van der Waals surface area (Å²) < 4.78 is 0. The number of fused-ring (bicyclic) bond motifs is 2. The highest BCUT2D eigenvalue weighted by atomic mass is 16.4. The summed E-state index contributed by atoms with van der Waals surface area (Å²) in [5.41, 5.74) is 2.20. The van der Waals surface area contributed by atoms with E-state index in [1.807, 2.05) is 30.3 Å². The van der Waals surface area contributed by atoms with Crippen molar-refractivity contribution in [3.05, 3.63) is 41.5 Å². The van der Waals surface area contributed by atoms with Crippen molar-refractivity contribution in [2.24, 2.45) is 5.92 Å². The molecule has 0 aromatic heterocycles. The van der Waals surface area contributed by atoms with Gasteiger partial charge in [0, 0.05) is 5.41 Å². The molecule has 1 N–H and O–H groups in total. The van der Waals surface area contributed by atoms with Crippen LogP contribution in [0.3, 0.4) is 0 Å². The molecule has 1 fully saturated rings. The third kappa shape index (κ3) is 0.782. The molecule has 0 aliphatic heterocycles. The number of carboxylic acids is 1. The van der Waals surface area contributed by atoms with Crippen molar-refractivity contribution < 1.29 is 9.90 Å². The minimum Gasteiger partial charge on any atom is -0.481 e. The van der Waals surface area contributed by atoms with Gasteiger partial charge in [0.1, 0.15) is 0 Å². The molecule has 1 aromatic carbocycles. The molecule has 1 saturated carbocycles. The number of allylic oxidation sites excluding steroid dienone is 1. The van der Waals surface area contributed by atoms with E-state index in [-0.39, 0.29) is 11.3 Å². The fraction of sp³-hybridized carbons (Fsp3) is 0.250. The SMILES string of the molecule is O=C(O)[C@@H]1C[C@]12C=Cc1ccccc12. The highest BCUT2D eigenvalue weighted by Gasteiger charge is 2.59. The van der Waals surface area contributed by atoms with Gasteiger partial charge in [0.15, 0.2) is 0 Å². The summed E-state index contributed by atoms with van der Waals surface area (Å²) >= 11 is 0. The molecular weight excluding hydrogens is 176 g/mol. The lowest BCUT2D eigenvalue weighted by atomic mass is 9.95. The van der Waals surface area contributed by atoms with E-state index in [1.54, 1.807) is 0 Å². The van der Waals surface area contributed by atoms with E-state index in [4.69, 9.17) is 5.11 Å². The Kier molecular flexibility index (Phi) is 1.26. The van der Waals surface area contributed by atoms with Gasteiger partial charge in [0.05, 0.1) is 5.92 Å². The van der Waals surface area contributed by atoms with E-state index in [9.17, 15) is 4.79 Å². The Balaban J connectivity index is 2.09. The van der Waals surface area contributed by atoms with Gasteiger partial charge in [-0.25, -0.2) is 0 Å². The summed E-state index contributed by atoms with van der Waals surface area (Å²) in [7, 11) is 0. The number of carboxylic acid groups (broad SMARTS) is 1. The van der Waals surface area contributed by atoms with E-state index >= 15 is 0 Å². The lowest BCUT2D eigenvalue weighted by molar-refractivity contribution is -0.138. The molecule has 2 atom stereocenters. The van der Waals surface area contributed by atoms with Crippen molar-refractivity contribution in [3.8, 4) is 0 Å². The molecule has 0 bridgehead atoms. The van der Waals surface area contributed by atoms with Gasteiger partial charge >= 0.3 is 5.97 Å². The van der Waals surface area contributed by atoms with Crippen LogP contribution in [0.15, 0.2) is 30.3 Å². The van der Waals surface area contributed by atoms with Crippen LogP contribution < -0.4 is 0 Å². The molecule has 70 valence electrons. The average molecular weight is 186 g/mol. The third-order valence-electron chi connectivity index (χ3n) is 3.32. The van der Waals surface area contributed by atoms with Gasteiger partial charge < -0.3 is 5.11 Å². The first-order valence-corrected chi connectivity index (χ1v) is 4.75. The number of rotatable bonds is 1. The molecule has 0 unspecified atom stereocenters. The fourth-order valence-electron chi connectivity index (χ4n) is 2.46. The molecule has 1 aromatic rings. The maximum absolute atomic E-state index is 10.9. The van der Waals surface area contributed by atoms with E-state index in [0.29, 0.717) is 0 Å². The smallest absolute Gasteiger partial charge is 0.307 e. The standard InChI is InChI=1S/C12H10O2/c13-11(14)10-7-12(10)6-5-8-3-1-2-4-9(8)12/h1-6,10H,7H2,(H,13,14)/t10-,12-/m0/s1. The Morgan fingerprint density at radius 2 is 2.21 bits per heavy atom. The highest BCUT2D eigenvalue weighted by molar-refractivity contribution is 5.82. The van der Waals surface area contributed by atoms with Crippen molar-refractivity contribution in [3.63, 3.8) is 0 Å². The molecular formula is C12H10O2. The van der Waals surface area contributed by atoms with Crippen LogP contribution in [0, 0.1) is 5.92 Å². The molecule has 14 heavy (non-hydrogen) atoms. The summed E-state index contributed by atoms with van der Waals surface area (Å²) in [6.45, 7) is 0. The Bertz CT molecular complexity index is 447. The second kappa shape index (κ2) is 2.27. The Morgan fingerprint density at radius 1 is 1.43 bits per heavy atom. The first-order valence-electron chi connectivity index (χ1n) is 4.75. The van der Waals surface area contributed by atoms with Crippen molar-refractivity contribution >= 4 is 12.0 Å². The quantitative estimate of drug-likeness (QED) is 0.728. The predicted octanol–water partition coefficient (Wildman–Crippen LogP) is 2.06. The molecule has 0 heterocycles. The van der Waals surface area contributed by atoms with Gasteiger partial charge in [-0.15, -0.1) is 0 Å². The van der Waals surface area contributed by atoms with E-state index in [1.165, 1.54) is 11.1 Å². The Hall–Kier alpha value is -1.57. The number of hydrogen-bond donors (Lipinski definition) is 1. The van der Waals surface area contributed by atoms with Crippen LogP contribution in [0.25, 0.3) is 6.08 Å². The Labute approximate surface area is 81.9 Å². The van der Waals surface area contributed by atoms with E-state index < -0.39 is 5.97 Å². The van der Waals surface area contributed by atoms with Gasteiger partial charge in [0.2, 0.25) is 0 Å². The lowest BCUT2D eigenvalue weighted by Crippen LogP contribution is -2.10. The zero-order valence-corrected chi connectivity index (χ0v) is 7.60. The van der Waals surface area contributed by atoms with Crippen molar-refractivity contribution in [1.82, 2.24) is 0 Å². The molecule has 0 saturated heterocycles. The minimum absolute atomic E-state index is 0.164. The maximum atomic E-state index is 10.9. The summed E-state index contributed by atoms with van der Waals surface area (Å²) in [6.07, 6.45) is 4.85. The van der Waals surface area contributed by atoms with Crippen molar-refractivity contribution in [1.29, 1.82) is 0 Å². The van der Waals surface area contributed by atoms with Crippen LogP contribution in [0.4, 0.5) is 0 Å². The highest BCUT2D eigenvalue weighted by Crippen LogP contribution is 2.59. The van der Waals surface area contributed by atoms with Crippen LogP contribution in [-0.4, -0.2) is 11.1 Å². The van der Waals surface area contributed by atoms with E-state index in [2.05, 4.69) is 6.08 Å². The van der Waals surface area contributed by atoms with Crippen molar-refractivity contribution in [2.45, 2.75) is 11.8 Å². The maximum Gasteiger partial charge on any atom is 0.307 e. The van der Waals surface area contributed by atoms with Crippen LogP contribution in [0.2, 0.25) is 0 Å². The summed E-state index contributed by atoms with van der Waals surface area (Å²) in [5.74, 6) is -0.881. The number of aliphatic carboxylic acids is 1. The largest absolute Gasteiger partial charge is 0.481 e. The van der Waals surface area contributed by atoms with Crippen LogP contribution >= 0.6 is 0 Å². The Morgan fingerprint density at radius 3 is 2.93 bits per heavy atom. The number of benzene rings is 1. The molecule has 2 nitrogen and oxygen atoms in total. The normalized spacial score (nSPS) is 31.9. The molecule has 1 spiro atoms. The molecule has 0 radical (unpaired) electrons. The van der Waals surface area contributed by atoms with Crippen LogP contribution in [0.5, 0.6) is 0 Å². The number of carbonyl (C=O) groups is 1. The second-order valence-corrected chi connectivity index (χ2v) is 4.06. The van der Waals surface area contributed by atoms with Gasteiger partial charge in [-0.1, -0.05) is 36.4 Å². The third-order valence-corrected chi connectivity index (χ3v) is 3.32. The van der Waals surface area contributed by atoms with Gasteiger partial charge in [-0.3, -0.25) is 4.79 Å². The zero-order valence-electron chi connectivity index (χ0n) is 7.60. The first-order chi connectivity index (χ1) is 6.74. The average Bonchev–Trinajstić information content (AvgIpc) is 2.80. The topological polar surface area (TPSA) is 37.3 Å². The van der Waals surface area contributed by atoms with Gasteiger partial charge in [0.25, 0.3) is 0 Å². The summed E-state index contributed by atoms with van der Waals surface area (Å²) in [5, 5.41) is 8.97. The zero-order chi connectivity index (χ0) is 9.76. The fourth-order valence-corrected chi connectivity index (χ4v) is 2.46. The first kappa shape index (κ1) is 7.80. The van der Waals surface area contributed by atoms with Gasteiger partial charge in [-0.2, -0.15) is 0 Å². The summed E-state index contributed by atoms with van der Waals surface area (Å²) in [6, 6.07) is 8.04. The van der Waals surface area contributed by atoms with Crippen LogP contribution in [-0.2, 0) is 10.2 Å². The molecule has 2 aliphatic rings. The monoisotopic (exact) mass is 186 g/mol. The summed E-state index contributed by atoms with van der Waals surface area (Å²) in [4.78, 5) is 10.9. The lowest BCUT2D eigenvalue weighted by Gasteiger charge is -2.08. The number of hydrogen-bond acceptors (Lipinski definition) is 1. The van der Waals surface area contributed by atoms with Crippen molar-refractivity contribution in [2.75, 3.05) is 0 Å². The van der Waals surface area contributed by atoms with Gasteiger partial charge in [-0.05, 0) is 17.5 Å². The molecule has 2 aliphatic carbocycles. The van der Waals surface area contributed by atoms with E-state index in [0.717, 1.165) is 6.42 Å². The van der Waals surface area contributed by atoms with Crippen LogP contribution in [0.1, 0.15) is 17.5 Å².